The molecule has 2 rings (SSSR count). The molecule has 106 valence electrons. The average molecular weight is 343 g/mol. The molecule has 0 saturated carbocycles. The summed E-state index contributed by atoms with van der Waals surface area (Å²) in [5, 5.41) is 10.2. The van der Waals surface area contributed by atoms with Gasteiger partial charge in [-0.2, -0.15) is 0 Å². The van der Waals surface area contributed by atoms with Crippen LogP contribution in [-0.4, -0.2) is 12.2 Å². The van der Waals surface area contributed by atoms with Gasteiger partial charge in [-0.05, 0) is 29.3 Å². The minimum absolute atomic E-state index is 0.0767. The van der Waals surface area contributed by atoms with Crippen molar-refractivity contribution in [3.8, 4) is 5.75 Å². The van der Waals surface area contributed by atoms with Crippen LogP contribution in [0, 0.1) is 11.6 Å². The van der Waals surface area contributed by atoms with Crippen molar-refractivity contribution >= 4 is 15.9 Å². The second kappa shape index (κ2) is 6.33. The Labute approximate surface area is 124 Å². The number of hydrogen-bond donors (Lipinski definition) is 1. The fourth-order valence-corrected chi connectivity index (χ4v) is 2.58. The molecule has 0 radical (unpaired) electrons. The molecule has 2 nitrogen and oxygen atoms in total. The van der Waals surface area contributed by atoms with E-state index < -0.39 is 17.7 Å². The predicted octanol–water partition coefficient (Wildman–Crippen LogP) is 4.01. The van der Waals surface area contributed by atoms with E-state index in [2.05, 4.69) is 15.9 Å². The number of aliphatic hydroxyl groups is 1. The average Bonchev–Trinajstić information content (AvgIpc) is 2.41. The van der Waals surface area contributed by atoms with Gasteiger partial charge in [0.2, 0.25) is 0 Å². The van der Waals surface area contributed by atoms with Crippen LogP contribution in [0.15, 0.2) is 40.9 Å². The lowest BCUT2D eigenvalue weighted by Gasteiger charge is -2.14. The van der Waals surface area contributed by atoms with Crippen molar-refractivity contribution in [3.05, 3.63) is 63.6 Å². The first kappa shape index (κ1) is 14.9. The first-order valence-corrected chi connectivity index (χ1v) is 6.76. The van der Waals surface area contributed by atoms with Gasteiger partial charge in [0.05, 0.1) is 13.2 Å². The first-order valence-electron chi connectivity index (χ1n) is 5.97. The second-order valence-electron chi connectivity index (χ2n) is 4.32. The van der Waals surface area contributed by atoms with Crippen molar-refractivity contribution in [3.63, 3.8) is 0 Å². The fourth-order valence-electron chi connectivity index (χ4n) is 1.96. The summed E-state index contributed by atoms with van der Waals surface area (Å²) < 4.78 is 32.4. The van der Waals surface area contributed by atoms with Crippen LogP contribution in [0.3, 0.4) is 0 Å². The third kappa shape index (κ3) is 3.16. The van der Waals surface area contributed by atoms with Gasteiger partial charge >= 0.3 is 0 Å². The topological polar surface area (TPSA) is 29.5 Å². The van der Waals surface area contributed by atoms with E-state index >= 15 is 0 Å². The molecule has 20 heavy (non-hydrogen) atoms. The molecule has 0 bridgehead atoms. The molecule has 0 aromatic heterocycles. The number of halogens is 3. The van der Waals surface area contributed by atoms with Crippen molar-refractivity contribution in [1.29, 1.82) is 0 Å². The summed E-state index contributed by atoms with van der Waals surface area (Å²) in [5.74, 6) is -0.763. The van der Waals surface area contributed by atoms with E-state index in [4.69, 9.17) is 4.74 Å². The second-order valence-corrected chi connectivity index (χ2v) is 5.17. The minimum Gasteiger partial charge on any atom is -0.494 e. The van der Waals surface area contributed by atoms with E-state index in [1.165, 1.54) is 31.4 Å². The van der Waals surface area contributed by atoms with Crippen LogP contribution in [0.5, 0.6) is 5.75 Å². The Bertz CT molecular complexity index is 617. The van der Waals surface area contributed by atoms with Crippen molar-refractivity contribution in [2.45, 2.75) is 12.5 Å². The highest BCUT2D eigenvalue weighted by molar-refractivity contribution is 9.10. The molecule has 0 saturated heterocycles. The summed E-state index contributed by atoms with van der Waals surface area (Å²) in [4.78, 5) is 0. The Hall–Kier alpha value is -1.46. The van der Waals surface area contributed by atoms with Crippen LogP contribution in [0.4, 0.5) is 8.78 Å². The number of hydrogen-bond acceptors (Lipinski definition) is 2. The van der Waals surface area contributed by atoms with Crippen LogP contribution < -0.4 is 4.74 Å². The maximum Gasteiger partial charge on any atom is 0.168 e. The predicted molar refractivity (Wildman–Crippen MR) is 75.7 cm³/mol. The quantitative estimate of drug-likeness (QED) is 0.909. The Morgan fingerprint density at radius 3 is 2.65 bits per heavy atom. The molecule has 5 heteroatoms. The zero-order valence-electron chi connectivity index (χ0n) is 10.7. The normalized spacial score (nSPS) is 12.2. The van der Waals surface area contributed by atoms with Gasteiger partial charge in [0, 0.05) is 10.9 Å². The van der Waals surface area contributed by atoms with Crippen LogP contribution in [0.25, 0.3) is 0 Å². The van der Waals surface area contributed by atoms with Crippen molar-refractivity contribution in [2.24, 2.45) is 0 Å². The number of aliphatic hydroxyl groups excluding tert-OH is 1. The van der Waals surface area contributed by atoms with Crippen LogP contribution in [-0.2, 0) is 6.42 Å². The number of methoxy groups -OCH3 is 1. The molecule has 0 aliphatic rings. The van der Waals surface area contributed by atoms with E-state index in [0.29, 0.717) is 15.6 Å². The van der Waals surface area contributed by atoms with Crippen molar-refractivity contribution in [2.75, 3.05) is 7.11 Å². The highest BCUT2D eigenvalue weighted by Gasteiger charge is 2.16. The van der Waals surface area contributed by atoms with Crippen molar-refractivity contribution < 1.29 is 18.6 Å². The van der Waals surface area contributed by atoms with Gasteiger partial charge in [-0.1, -0.05) is 34.1 Å². The molecule has 0 spiro atoms. The summed E-state index contributed by atoms with van der Waals surface area (Å²) in [5.41, 5.74) is 0.849. The maximum absolute atomic E-state index is 14.0. The van der Waals surface area contributed by atoms with E-state index in [9.17, 15) is 13.9 Å². The molecule has 0 heterocycles. The van der Waals surface area contributed by atoms with Gasteiger partial charge in [-0.25, -0.2) is 8.78 Å². The molecule has 2 aromatic rings. The monoisotopic (exact) mass is 342 g/mol. The Kier molecular flexibility index (Phi) is 4.73. The van der Waals surface area contributed by atoms with Gasteiger partial charge in [0.15, 0.2) is 11.6 Å². The Morgan fingerprint density at radius 2 is 2.00 bits per heavy atom. The standard InChI is InChI=1S/C15H13BrF2O2/c1-20-14-4-2-3-9(15(14)18)7-13(19)11-6-5-10(17)8-12(11)16/h2-6,8,13,19H,7H2,1H3. The van der Waals surface area contributed by atoms with E-state index in [1.54, 1.807) is 12.1 Å². The molecule has 0 aliphatic carbocycles. The lowest BCUT2D eigenvalue weighted by atomic mass is 10.0. The SMILES string of the molecule is COc1cccc(CC(O)c2ccc(F)cc2Br)c1F. The third-order valence-corrected chi connectivity index (χ3v) is 3.68. The minimum atomic E-state index is -0.938. The van der Waals surface area contributed by atoms with Gasteiger partial charge in [0.25, 0.3) is 0 Å². The molecule has 1 atom stereocenters. The highest BCUT2D eigenvalue weighted by atomic mass is 79.9. The summed E-state index contributed by atoms with van der Waals surface area (Å²) in [6, 6.07) is 8.75. The first-order chi connectivity index (χ1) is 9.52. The number of ether oxygens (including phenoxy) is 1. The third-order valence-electron chi connectivity index (χ3n) is 3.00. The Morgan fingerprint density at radius 1 is 1.25 bits per heavy atom. The number of benzene rings is 2. The van der Waals surface area contributed by atoms with Crippen molar-refractivity contribution in [1.82, 2.24) is 0 Å². The van der Waals surface area contributed by atoms with E-state index in [1.807, 2.05) is 0 Å². The Balaban J connectivity index is 2.25. The lowest BCUT2D eigenvalue weighted by Crippen LogP contribution is -2.05. The molecule has 1 unspecified atom stereocenters. The summed E-state index contributed by atoms with van der Waals surface area (Å²) in [6.45, 7) is 0. The summed E-state index contributed by atoms with van der Waals surface area (Å²) >= 11 is 3.19. The van der Waals surface area contributed by atoms with Gasteiger partial charge < -0.3 is 9.84 Å². The maximum atomic E-state index is 14.0. The molecular weight excluding hydrogens is 330 g/mol. The molecule has 0 aliphatic heterocycles. The van der Waals surface area contributed by atoms with Crippen LogP contribution in [0.1, 0.15) is 17.2 Å². The van der Waals surface area contributed by atoms with Crippen LogP contribution in [0.2, 0.25) is 0 Å². The molecule has 0 amide bonds. The fraction of sp³-hybridized carbons (Fsp3) is 0.200. The molecule has 1 N–H and O–H groups in total. The smallest absolute Gasteiger partial charge is 0.168 e. The zero-order chi connectivity index (χ0) is 14.7. The zero-order valence-corrected chi connectivity index (χ0v) is 12.3. The highest BCUT2D eigenvalue weighted by Crippen LogP contribution is 2.29. The summed E-state index contributed by atoms with van der Waals surface area (Å²) in [6.07, 6.45) is -0.862. The lowest BCUT2D eigenvalue weighted by molar-refractivity contribution is 0.176. The van der Waals surface area contributed by atoms with E-state index in [0.717, 1.165) is 0 Å². The van der Waals surface area contributed by atoms with Crippen LogP contribution >= 0.6 is 15.9 Å². The largest absolute Gasteiger partial charge is 0.494 e. The van der Waals surface area contributed by atoms with Gasteiger partial charge in [-0.15, -0.1) is 0 Å². The summed E-state index contributed by atoms with van der Waals surface area (Å²) in [7, 11) is 1.38. The van der Waals surface area contributed by atoms with E-state index in [-0.39, 0.29) is 12.2 Å². The van der Waals surface area contributed by atoms with Gasteiger partial charge in [-0.3, -0.25) is 0 Å². The van der Waals surface area contributed by atoms with Gasteiger partial charge in [0.1, 0.15) is 5.82 Å². The molecule has 2 aromatic carbocycles. The molecular formula is C15H13BrF2O2. The number of rotatable bonds is 4. The molecule has 0 fully saturated rings.